The first kappa shape index (κ1) is 13.5. The third kappa shape index (κ3) is 1.78. The van der Waals surface area contributed by atoms with Crippen molar-refractivity contribution >= 4 is 16.5 Å². The van der Waals surface area contributed by atoms with Crippen LogP contribution in [0.5, 0.6) is 0 Å². The lowest BCUT2D eigenvalue weighted by Gasteiger charge is -2.35. The van der Waals surface area contributed by atoms with Gasteiger partial charge in [-0.05, 0) is 30.9 Å². The molecule has 0 amide bonds. The maximum atomic E-state index is 9.69. The Labute approximate surface area is 125 Å². The minimum atomic E-state index is -1.01. The van der Waals surface area contributed by atoms with Gasteiger partial charge in [0.2, 0.25) is 0 Å². The van der Waals surface area contributed by atoms with Gasteiger partial charge in [0.05, 0.1) is 18.2 Å². The van der Waals surface area contributed by atoms with Crippen LogP contribution in [-0.2, 0) is 6.42 Å². The molecule has 2 aromatic carbocycles. The number of benzene rings is 2. The third-order valence-electron chi connectivity index (χ3n) is 4.67. The Morgan fingerprint density at radius 1 is 1.19 bits per heavy atom. The van der Waals surface area contributed by atoms with E-state index in [2.05, 4.69) is 42.2 Å². The number of nitriles is 2. The fraction of sp³-hybridized carbons (Fsp3) is 0.333. The average Bonchev–Trinajstić information content (AvgIpc) is 2.63. The van der Waals surface area contributed by atoms with E-state index in [9.17, 15) is 10.5 Å². The van der Waals surface area contributed by atoms with Gasteiger partial charge in [0.25, 0.3) is 0 Å². The molecule has 0 fully saturated rings. The predicted octanol–water partition coefficient (Wildman–Crippen LogP) is 3.64. The van der Waals surface area contributed by atoms with Crippen LogP contribution < -0.4 is 4.90 Å². The topological polar surface area (TPSA) is 50.8 Å². The molecule has 0 spiro atoms. The molecule has 1 heterocycles. The Bertz CT molecular complexity index is 760. The zero-order valence-corrected chi connectivity index (χ0v) is 12.3. The van der Waals surface area contributed by atoms with E-state index in [0.717, 1.165) is 17.8 Å². The Morgan fingerprint density at radius 3 is 2.48 bits per heavy atom. The second kappa shape index (κ2) is 4.79. The highest BCUT2D eigenvalue weighted by atomic mass is 15.2. The SMILES string of the molecule is CCN1c2cccc3cccc(c23)CC(C#N)(C#N)C1C. The Hall–Kier alpha value is -2.52. The van der Waals surface area contributed by atoms with E-state index in [4.69, 9.17) is 0 Å². The highest BCUT2D eigenvalue weighted by Crippen LogP contribution is 2.41. The molecule has 2 aromatic rings. The van der Waals surface area contributed by atoms with Crippen molar-refractivity contribution in [2.75, 3.05) is 11.4 Å². The van der Waals surface area contributed by atoms with Crippen molar-refractivity contribution in [3.05, 3.63) is 42.0 Å². The summed E-state index contributed by atoms with van der Waals surface area (Å²) in [5.74, 6) is 0. The Morgan fingerprint density at radius 2 is 1.86 bits per heavy atom. The highest BCUT2D eigenvalue weighted by Gasteiger charge is 2.43. The van der Waals surface area contributed by atoms with Crippen molar-refractivity contribution in [2.45, 2.75) is 26.3 Å². The van der Waals surface area contributed by atoms with Crippen molar-refractivity contribution in [1.29, 1.82) is 10.5 Å². The molecule has 0 radical (unpaired) electrons. The standard InChI is InChI=1S/C18H17N3/c1-3-21-13(2)18(11-19,12-20)10-15-8-4-6-14-7-5-9-16(21)17(14)15/h4-9,13H,3,10H2,1-2H3. The lowest BCUT2D eigenvalue weighted by molar-refractivity contribution is 0.410. The molecule has 21 heavy (non-hydrogen) atoms. The number of hydrogen-bond donors (Lipinski definition) is 0. The molecule has 0 N–H and O–H groups in total. The van der Waals surface area contributed by atoms with Crippen LogP contribution in [0.4, 0.5) is 5.69 Å². The maximum Gasteiger partial charge on any atom is 0.167 e. The molecule has 0 aromatic heterocycles. The van der Waals surface area contributed by atoms with Gasteiger partial charge in [-0.3, -0.25) is 0 Å². The van der Waals surface area contributed by atoms with E-state index in [-0.39, 0.29) is 6.04 Å². The van der Waals surface area contributed by atoms with E-state index in [1.165, 1.54) is 10.8 Å². The van der Waals surface area contributed by atoms with Gasteiger partial charge in [0, 0.05) is 24.0 Å². The molecule has 1 aliphatic rings. The van der Waals surface area contributed by atoms with Crippen molar-refractivity contribution in [3.8, 4) is 12.1 Å². The summed E-state index contributed by atoms with van der Waals surface area (Å²) in [5.41, 5.74) is 1.21. The zero-order valence-electron chi connectivity index (χ0n) is 12.3. The molecular weight excluding hydrogens is 258 g/mol. The van der Waals surface area contributed by atoms with Gasteiger partial charge in [-0.25, -0.2) is 0 Å². The smallest absolute Gasteiger partial charge is 0.167 e. The van der Waals surface area contributed by atoms with Crippen LogP contribution in [-0.4, -0.2) is 12.6 Å². The summed E-state index contributed by atoms with van der Waals surface area (Å²) in [6, 6.07) is 16.8. The van der Waals surface area contributed by atoms with Crippen LogP contribution in [0.2, 0.25) is 0 Å². The second-order valence-electron chi connectivity index (χ2n) is 5.63. The largest absolute Gasteiger partial charge is 0.366 e. The summed E-state index contributed by atoms with van der Waals surface area (Å²) in [6.45, 7) is 4.84. The summed E-state index contributed by atoms with van der Waals surface area (Å²) < 4.78 is 0. The van der Waals surface area contributed by atoms with Gasteiger partial charge in [0.15, 0.2) is 5.41 Å². The van der Waals surface area contributed by atoms with Gasteiger partial charge in [-0.15, -0.1) is 0 Å². The first-order valence-electron chi connectivity index (χ1n) is 7.26. The van der Waals surface area contributed by atoms with Crippen molar-refractivity contribution in [1.82, 2.24) is 0 Å². The van der Waals surface area contributed by atoms with Crippen molar-refractivity contribution in [2.24, 2.45) is 5.41 Å². The number of hydrogen-bond acceptors (Lipinski definition) is 3. The summed E-state index contributed by atoms with van der Waals surface area (Å²) in [5, 5.41) is 21.7. The first-order chi connectivity index (χ1) is 10.2. The average molecular weight is 275 g/mol. The third-order valence-corrected chi connectivity index (χ3v) is 4.67. The molecule has 1 unspecified atom stereocenters. The molecule has 1 aliphatic heterocycles. The molecule has 3 rings (SSSR count). The monoisotopic (exact) mass is 275 g/mol. The van der Waals surface area contributed by atoms with Crippen LogP contribution >= 0.6 is 0 Å². The van der Waals surface area contributed by atoms with Crippen LogP contribution in [0.3, 0.4) is 0 Å². The minimum Gasteiger partial charge on any atom is -0.366 e. The normalized spacial score (nSPS) is 19.6. The molecular formula is C18H17N3. The van der Waals surface area contributed by atoms with Crippen LogP contribution in [0, 0.1) is 28.1 Å². The Kier molecular flexibility index (Phi) is 3.07. The lowest BCUT2D eigenvalue weighted by atomic mass is 9.78. The van der Waals surface area contributed by atoms with Crippen molar-refractivity contribution in [3.63, 3.8) is 0 Å². The fourth-order valence-corrected chi connectivity index (χ4v) is 3.44. The van der Waals surface area contributed by atoms with E-state index in [0.29, 0.717) is 6.42 Å². The molecule has 1 atom stereocenters. The first-order valence-corrected chi connectivity index (χ1v) is 7.26. The van der Waals surface area contributed by atoms with Crippen LogP contribution in [0.15, 0.2) is 36.4 Å². The quantitative estimate of drug-likeness (QED) is 0.798. The molecule has 3 heteroatoms. The summed E-state index contributed by atoms with van der Waals surface area (Å²) in [7, 11) is 0. The van der Waals surface area contributed by atoms with Crippen LogP contribution in [0.25, 0.3) is 10.8 Å². The number of anilines is 1. The summed E-state index contributed by atoms with van der Waals surface area (Å²) >= 11 is 0. The molecule has 104 valence electrons. The van der Waals surface area contributed by atoms with Gasteiger partial charge in [-0.2, -0.15) is 10.5 Å². The summed E-state index contributed by atoms with van der Waals surface area (Å²) in [6.07, 6.45) is 0.478. The van der Waals surface area contributed by atoms with Crippen molar-refractivity contribution < 1.29 is 0 Å². The van der Waals surface area contributed by atoms with E-state index >= 15 is 0 Å². The predicted molar refractivity (Wildman–Crippen MR) is 83.8 cm³/mol. The molecule has 0 bridgehead atoms. The maximum absolute atomic E-state index is 9.69. The number of rotatable bonds is 1. The fourth-order valence-electron chi connectivity index (χ4n) is 3.44. The molecule has 0 saturated carbocycles. The Balaban J connectivity index is 2.38. The van der Waals surface area contributed by atoms with Gasteiger partial charge < -0.3 is 4.90 Å². The van der Waals surface area contributed by atoms with Gasteiger partial charge in [-0.1, -0.05) is 30.3 Å². The minimum absolute atomic E-state index is 0.143. The second-order valence-corrected chi connectivity index (χ2v) is 5.63. The summed E-state index contributed by atoms with van der Waals surface area (Å²) in [4.78, 5) is 2.19. The highest BCUT2D eigenvalue weighted by molar-refractivity contribution is 5.97. The van der Waals surface area contributed by atoms with E-state index in [1.54, 1.807) is 0 Å². The molecule has 0 saturated heterocycles. The number of nitrogens with zero attached hydrogens (tertiary/aromatic N) is 3. The van der Waals surface area contributed by atoms with Gasteiger partial charge in [0.1, 0.15) is 0 Å². The van der Waals surface area contributed by atoms with E-state index < -0.39 is 5.41 Å². The van der Waals surface area contributed by atoms with Gasteiger partial charge >= 0.3 is 0 Å². The zero-order chi connectivity index (χ0) is 15.0. The lowest BCUT2D eigenvalue weighted by Crippen LogP contribution is -2.45. The molecule has 0 aliphatic carbocycles. The van der Waals surface area contributed by atoms with Crippen LogP contribution in [0.1, 0.15) is 19.4 Å². The van der Waals surface area contributed by atoms with E-state index in [1.807, 2.05) is 25.1 Å². The molecule has 3 nitrogen and oxygen atoms in total.